The van der Waals surface area contributed by atoms with Crippen molar-refractivity contribution in [1.29, 1.82) is 0 Å². The molecule has 0 radical (unpaired) electrons. The average molecular weight is 175 g/mol. The van der Waals surface area contributed by atoms with Gasteiger partial charge < -0.3 is 4.98 Å². The first kappa shape index (κ1) is 11.5. The molecule has 0 aliphatic rings. The summed E-state index contributed by atoms with van der Waals surface area (Å²) in [6, 6.07) is 0. The highest BCUT2D eigenvalue weighted by Gasteiger charge is 1.99. The number of hydrogen-bond acceptors (Lipinski definition) is 0. The van der Waals surface area contributed by atoms with Gasteiger partial charge in [-0.25, -0.2) is 0 Å². The van der Waals surface area contributed by atoms with Gasteiger partial charge in [0.25, 0.3) is 0 Å². The summed E-state index contributed by atoms with van der Waals surface area (Å²) < 4.78 is 0. The summed E-state index contributed by atoms with van der Waals surface area (Å²) in [5.74, 6) is 0. The molecule has 1 aromatic rings. The Kier molecular flexibility index (Phi) is 5.37. The molecule has 0 aliphatic heterocycles. The minimum Gasteiger partial charge on any atom is -0.361 e. The molecule has 1 rings (SSSR count). The number of aryl methyl sites for hydroxylation is 1. The molecule has 1 heterocycles. The topological polar surface area (TPSA) is 15.8 Å². The van der Waals surface area contributed by atoms with Gasteiger partial charge in [0, 0.05) is 17.5 Å². The van der Waals surface area contributed by atoms with Crippen molar-refractivity contribution in [1.82, 2.24) is 4.98 Å². The highest BCUT2D eigenvalue weighted by Crippen LogP contribution is 2.15. The lowest BCUT2D eigenvalue weighted by Crippen LogP contribution is -1.75. The lowest BCUT2D eigenvalue weighted by molar-refractivity contribution is 1.36. The zero-order chi connectivity index (χ0) is 10.3. The van der Waals surface area contributed by atoms with Gasteiger partial charge in [-0.15, -0.1) is 13.2 Å². The van der Waals surface area contributed by atoms with E-state index in [4.69, 9.17) is 0 Å². The number of hydrogen-bond donors (Lipinski definition) is 1. The van der Waals surface area contributed by atoms with Gasteiger partial charge in [-0.05, 0) is 25.5 Å². The number of aromatic nitrogens is 1. The Morgan fingerprint density at radius 1 is 1.38 bits per heavy atom. The van der Waals surface area contributed by atoms with Gasteiger partial charge in [0.2, 0.25) is 0 Å². The quantitative estimate of drug-likeness (QED) is 0.658. The maximum Gasteiger partial charge on any atom is 0.0450 e. The molecular formula is C12H17N. The smallest absolute Gasteiger partial charge is 0.0450 e. The van der Waals surface area contributed by atoms with Gasteiger partial charge in [-0.3, -0.25) is 0 Å². The van der Waals surface area contributed by atoms with Crippen LogP contribution in [0.15, 0.2) is 32.0 Å². The van der Waals surface area contributed by atoms with Crippen molar-refractivity contribution in [2.45, 2.75) is 13.8 Å². The van der Waals surface area contributed by atoms with Crippen molar-refractivity contribution < 1.29 is 0 Å². The van der Waals surface area contributed by atoms with Crippen LogP contribution in [-0.4, -0.2) is 4.98 Å². The fourth-order valence-electron chi connectivity index (χ4n) is 1.11. The summed E-state index contributed by atoms with van der Waals surface area (Å²) in [4.78, 5) is 3.14. The largest absolute Gasteiger partial charge is 0.361 e. The molecule has 1 heteroatoms. The molecule has 1 aromatic heterocycles. The molecule has 0 fully saturated rings. The third-order valence-corrected chi connectivity index (χ3v) is 1.70. The zero-order valence-electron chi connectivity index (χ0n) is 8.43. The van der Waals surface area contributed by atoms with Crippen molar-refractivity contribution >= 4 is 12.2 Å². The van der Waals surface area contributed by atoms with Gasteiger partial charge in [0.15, 0.2) is 0 Å². The summed E-state index contributed by atoms with van der Waals surface area (Å²) in [6.45, 7) is 13.8. The van der Waals surface area contributed by atoms with Gasteiger partial charge in [0.05, 0.1) is 0 Å². The van der Waals surface area contributed by atoms with Crippen molar-refractivity contribution in [2.24, 2.45) is 0 Å². The van der Waals surface area contributed by atoms with E-state index >= 15 is 0 Å². The molecule has 0 amide bonds. The Balaban J connectivity index is 0.000000671. The van der Waals surface area contributed by atoms with Gasteiger partial charge >= 0.3 is 0 Å². The molecule has 0 unspecified atom stereocenters. The van der Waals surface area contributed by atoms with E-state index in [0.29, 0.717) is 0 Å². The van der Waals surface area contributed by atoms with E-state index < -0.39 is 0 Å². The van der Waals surface area contributed by atoms with Gasteiger partial charge in [-0.1, -0.05) is 18.7 Å². The van der Waals surface area contributed by atoms with E-state index in [-0.39, 0.29) is 0 Å². The molecular weight excluding hydrogens is 158 g/mol. The number of rotatable bonds is 2. The van der Waals surface area contributed by atoms with Crippen molar-refractivity contribution in [2.75, 3.05) is 0 Å². The lowest BCUT2D eigenvalue weighted by Gasteiger charge is -1.92. The molecule has 0 saturated carbocycles. The third kappa shape index (κ3) is 2.79. The van der Waals surface area contributed by atoms with Crippen LogP contribution >= 0.6 is 0 Å². The Morgan fingerprint density at radius 2 is 2.00 bits per heavy atom. The molecule has 13 heavy (non-hydrogen) atoms. The highest BCUT2D eigenvalue weighted by atomic mass is 14.7. The van der Waals surface area contributed by atoms with Crippen molar-refractivity contribution in [3.8, 4) is 0 Å². The molecule has 70 valence electrons. The Hall–Kier alpha value is -1.50. The molecule has 0 aromatic carbocycles. The third-order valence-electron chi connectivity index (χ3n) is 1.70. The van der Waals surface area contributed by atoms with Crippen LogP contribution in [-0.2, 0) is 0 Å². The van der Waals surface area contributed by atoms with Crippen LogP contribution in [0.3, 0.4) is 0 Å². The molecule has 0 bridgehead atoms. The highest BCUT2D eigenvalue weighted by molar-refractivity contribution is 5.64. The molecule has 0 saturated heterocycles. The van der Waals surface area contributed by atoms with Gasteiger partial charge in [0.1, 0.15) is 0 Å². The maximum absolute atomic E-state index is 3.72. The predicted octanol–water partition coefficient (Wildman–Crippen LogP) is 3.80. The summed E-state index contributed by atoms with van der Waals surface area (Å²) in [6.07, 6.45) is 7.95. The lowest BCUT2D eigenvalue weighted by atomic mass is 10.1. The van der Waals surface area contributed by atoms with Crippen LogP contribution in [0.5, 0.6) is 0 Å². The summed E-state index contributed by atoms with van der Waals surface area (Å²) >= 11 is 0. The second kappa shape index (κ2) is 6.06. The van der Waals surface area contributed by atoms with E-state index in [9.17, 15) is 0 Å². The van der Waals surface area contributed by atoms with E-state index in [1.807, 2.05) is 25.3 Å². The Labute approximate surface area is 80.5 Å². The van der Waals surface area contributed by atoms with Crippen LogP contribution in [0.1, 0.15) is 23.7 Å². The molecule has 1 N–H and O–H groups in total. The van der Waals surface area contributed by atoms with Crippen LogP contribution in [0, 0.1) is 6.92 Å². The van der Waals surface area contributed by atoms with Crippen molar-refractivity contribution in [3.05, 3.63) is 48.8 Å². The first-order chi connectivity index (χ1) is 6.29. The summed E-state index contributed by atoms with van der Waals surface area (Å²) in [5.41, 5.74) is 3.60. The summed E-state index contributed by atoms with van der Waals surface area (Å²) in [7, 11) is 0. The average Bonchev–Trinajstić information content (AvgIpc) is 2.52. The van der Waals surface area contributed by atoms with Crippen LogP contribution < -0.4 is 0 Å². The fourth-order valence-corrected chi connectivity index (χ4v) is 1.11. The first-order valence-corrected chi connectivity index (χ1v) is 4.22. The standard InChI is InChI=1S/C10H13N.C2H4/c1-4-6-9-8(3)7-11-10(9)5-2;1-2/h4-7,11H,2H2,1,3H3;1-2H2/b6-4-;. The van der Waals surface area contributed by atoms with Gasteiger partial charge in [-0.2, -0.15) is 0 Å². The second-order valence-corrected chi connectivity index (χ2v) is 2.50. The number of nitrogens with one attached hydrogen (secondary N) is 1. The van der Waals surface area contributed by atoms with Crippen molar-refractivity contribution in [3.63, 3.8) is 0 Å². The predicted molar refractivity (Wildman–Crippen MR) is 61.6 cm³/mol. The molecule has 0 aliphatic carbocycles. The minimum atomic E-state index is 1.10. The Morgan fingerprint density at radius 3 is 2.46 bits per heavy atom. The number of allylic oxidation sites excluding steroid dienone is 1. The van der Waals surface area contributed by atoms with E-state index in [0.717, 1.165) is 5.69 Å². The van der Waals surface area contributed by atoms with E-state index in [2.05, 4.69) is 37.7 Å². The van der Waals surface area contributed by atoms with Crippen LogP contribution in [0.25, 0.3) is 12.2 Å². The molecule has 1 nitrogen and oxygen atoms in total. The Bertz CT molecular complexity index is 292. The number of aromatic amines is 1. The van der Waals surface area contributed by atoms with E-state index in [1.54, 1.807) is 0 Å². The SMILES string of the molecule is C=C.C=Cc1[nH]cc(C)c1/C=C\C. The number of H-pyrrole nitrogens is 1. The minimum absolute atomic E-state index is 1.10. The molecule has 0 atom stereocenters. The summed E-state index contributed by atoms with van der Waals surface area (Å²) in [5, 5.41) is 0. The van der Waals surface area contributed by atoms with E-state index in [1.165, 1.54) is 11.1 Å². The monoisotopic (exact) mass is 175 g/mol. The maximum atomic E-state index is 3.72. The fraction of sp³-hybridized carbons (Fsp3) is 0.167. The zero-order valence-corrected chi connectivity index (χ0v) is 8.43. The first-order valence-electron chi connectivity index (χ1n) is 4.22. The molecule has 0 spiro atoms. The van der Waals surface area contributed by atoms with Crippen LogP contribution in [0.2, 0.25) is 0 Å². The van der Waals surface area contributed by atoms with Crippen LogP contribution in [0.4, 0.5) is 0 Å². The second-order valence-electron chi connectivity index (χ2n) is 2.50. The normalized spacial score (nSPS) is 9.38.